The van der Waals surface area contributed by atoms with Gasteiger partial charge in [-0.05, 0) is 40.7 Å². The number of fused-ring (bicyclic) bond motifs is 3. The van der Waals surface area contributed by atoms with Crippen molar-refractivity contribution in [1.29, 1.82) is 0 Å². The Labute approximate surface area is 197 Å². The van der Waals surface area contributed by atoms with Crippen molar-refractivity contribution < 1.29 is 24.2 Å². The fourth-order valence-electron chi connectivity index (χ4n) is 4.05. The van der Waals surface area contributed by atoms with Gasteiger partial charge in [0.2, 0.25) is 5.91 Å². The van der Waals surface area contributed by atoms with E-state index < -0.39 is 30.6 Å². The smallest absolute Gasteiger partial charge is 0.407 e. The van der Waals surface area contributed by atoms with Crippen molar-refractivity contribution in [2.75, 3.05) is 31.7 Å². The van der Waals surface area contributed by atoms with Crippen molar-refractivity contribution in [3.8, 4) is 11.1 Å². The van der Waals surface area contributed by atoms with Crippen LogP contribution in [0.3, 0.4) is 0 Å². The van der Waals surface area contributed by atoms with E-state index >= 15 is 0 Å². The molecule has 7 nitrogen and oxygen atoms in total. The summed E-state index contributed by atoms with van der Waals surface area (Å²) in [7, 11) is 0. The Hall–Kier alpha value is -3.26. The van der Waals surface area contributed by atoms with Crippen LogP contribution in [-0.4, -0.2) is 65.7 Å². The Kier molecular flexibility index (Phi) is 8.54. The Morgan fingerprint density at radius 3 is 2.30 bits per heavy atom. The molecule has 1 aliphatic carbocycles. The summed E-state index contributed by atoms with van der Waals surface area (Å²) < 4.78 is 5.56. The largest absolute Gasteiger partial charge is 0.480 e. The number of hydrogen-bond donors (Lipinski definition) is 2. The van der Waals surface area contributed by atoms with Gasteiger partial charge in [0.15, 0.2) is 0 Å². The number of benzene rings is 2. The second-order valence-electron chi connectivity index (χ2n) is 7.71. The van der Waals surface area contributed by atoms with Gasteiger partial charge in [-0.1, -0.05) is 54.6 Å². The maximum atomic E-state index is 12.9. The monoisotopic (exact) mass is 468 g/mol. The molecule has 0 saturated heterocycles. The minimum Gasteiger partial charge on any atom is -0.480 e. The highest BCUT2D eigenvalue weighted by Crippen LogP contribution is 2.44. The van der Waals surface area contributed by atoms with E-state index in [1.807, 2.05) is 42.7 Å². The van der Waals surface area contributed by atoms with E-state index in [1.165, 1.54) is 17.8 Å². The average molecular weight is 469 g/mol. The standard InChI is InChI=1S/C25H28N2O5S/c1-3-13-27(15-23(28)29)24(30)22(12-14-33-2)26-25(31)32-16-21-19-10-6-4-8-17(19)18-9-5-7-11-20(18)21/h3-11,21-22H,1,12-16H2,2H3,(H,26,31)(H,28,29). The van der Waals surface area contributed by atoms with E-state index in [2.05, 4.69) is 24.0 Å². The SMILES string of the molecule is C=CCN(CC(=O)O)C(=O)C(CCSC)NC(=O)OCC1c2ccccc2-c2ccccc21. The van der Waals surface area contributed by atoms with E-state index in [1.54, 1.807) is 0 Å². The molecule has 33 heavy (non-hydrogen) atoms. The Morgan fingerprint density at radius 1 is 1.15 bits per heavy atom. The van der Waals surface area contributed by atoms with Crippen LogP contribution >= 0.6 is 11.8 Å². The summed E-state index contributed by atoms with van der Waals surface area (Å²) in [5.74, 6) is -1.07. The molecule has 0 heterocycles. The topological polar surface area (TPSA) is 95.9 Å². The number of hydrogen-bond acceptors (Lipinski definition) is 5. The molecule has 2 amide bonds. The molecule has 0 aliphatic heterocycles. The number of aliphatic carboxylic acids is 1. The lowest BCUT2D eigenvalue weighted by molar-refractivity contribution is -0.144. The molecule has 0 saturated carbocycles. The number of rotatable bonds is 11. The van der Waals surface area contributed by atoms with E-state index in [-0.39, 0.29) is 19.1 Å². The second kappa shape index (κ2) is 11.6. The van der Waals surface area contributed by atoms with E-state index in [9.17, 15) is 14.4 Å². The summed E-state index contributed by atoms with van der Waals surface area (Å²) in [6, 6.07) is 15.2. The van der Waals surface area contributed by atoms with Gasteiger partial charge < -0.3 is 20.1 Å². The Morgan fingerprint density at radius 2 is 1.76 bits per heavy atom. The molecule has 0 bridgehead atoms. The lowest BCUT2D eigenvalue weighted by Gasteiger charge is -2.25. The van der Waals surface area contributed by atoms with Crippen molar-refractivity contribution in [2.45, 2.75) is 18.4 Å². The minimum absolute atomic E-state index is 0.0767. The number of ether oxygens (including phenoxy) is 1. The lowest BCUT2D eigenvalue weighted by atomic mass is 9.98. The highest BCUT2D eigenvalue weighted by Gasteiger charge is 2.30. The Bertz CT molecular complexity index is 980. The number of alkyl carbamates (subject to hydrolysis) is 1. The van der Waals surface area contributed by atoms with Gasteiger partial charge in [-0.2, -0.15) is 11.8 Å². The van der Waals surface area contributed by atoms with Crippen LogP contribution in [0.2, 0.25) is 0 Å². The summed E-state index contributed by atoms with van der Waals surface area (Å²) in [6.45, 7) is 3.33. The van der Waals surface area contributed by atoms with Crippen molar-refractivity contribution in [3.63, 3.8) is 0 Å². The van der Waals surface area contributed by atoms with Gasteiger partial charge in [0.25, 0.3) is 0 Å². The molecule has 0 fully saturated rings. The molecule has 8 heteroatoms. The van der Waals surface area contributed by atoms with Crippen molar-refractivity contribution in [3.05, 3.63) is 72.3 Å². The van der Waals surface area contributed by atoms with Crippen LogP contribution in [0.4, 0.5) is 4.79 Å². The predicted octanol–water partition coefficient (Wildman–Crippen LogP) is 3.75. The fourth-order valence-corrected chi connectivity index (χ4v) is 4.52. The van der Waals surface area contributed by atoms with Gasteiger partial charge in [-0.25, -0.2) is 4.79 Å². The van der Waals surface area contributed by atoms with Crippen LogP contribution in [-0.2, 0) is 14.3 Å². The molecule has 1 atom stereocenters. The zero-order valence-electron chi connectivity index (χ0n) is 18.5. The van der Waals surface area contributed by atoms with E-state index in [0.29, 0.717) is 12.2 Å². The van der Waals surface area contributed by atoms with Gasteiger partial charge in [0.1, 0.15) is 19.2 Å². The number of carboxylic acids is 1. The number of thioether (sulfide) groups is 1. The third-order valence-corrected chi connectivity index (χ3v) is 6.18. The van der Waals surface area contributed by atoms with Crippen LogP contribution in [0.5, 0.6) is 0 Å². The molecule has 3 rings (SSSR count). The second-order valence-corrected chi connectivity index (χ2v) is 8.69. The van der Waals surface area contributed by atoms with Crippen LogP contribution in [0.1, 0.15) is 23.5 Å². The third kappa shape index (κ3) is 5.96. The van der Waals surface area contributed by atoms with Crippen LogP contribution in [0, 0.1) is 0 Å². The molecule has 0 spiro atoms. The zero-order valence-corrected chi connectivity index (χ0v) is 19.3. The number of carboxylic acid groups (broad SMARTS) is 1. The molecule has 2 aromatic rings. The van der Waals surface area contributed by atoms with Crippen LogP contribution in [0.15, 0.2) is 61.2 Å². The first-order chi connectivity index (χ1) is 16.0. The molecule has 174 valence electrons. The maximum Gasteiger partial charge on any atom is 0.407 e. The normalized spacial score (nSPS) is 12.9. The van der Waals surface area contributed by atoms with Gasteiger partial charge >= 0.3 is 12.1 Å². The molecule has 0 aromatic heterocycles. The van der Waals surface area contributed by atoms with Gasteiger partial charge in [-0.3, -0.25) is 9.59 Å². The number of carbonyl (C=O) groups excluding carboxylic acids is 2. The fraction of sp³-hybridized carbons (Fsp3) is 0.320. The summed E-state index contributed by atoms with van der Waals surface area (Å²) in [5, 5.41) is 11.8. The Balaban J connectivity index is 1.69. The maximum absolute atomic E-state index is 12.9. The first kappa shape index (κ1) is 24.4. The number of carbonyl (C=O) groups is 3. The first-order valence-corrected chi connectivity index (χ1v) is 12.1. The number of nitrogens with one attached hydrogen (secondary N) is 1. The highest BCUT2D eigenvalue weighted by molar-refractivity contribution is 7.98. The van der Waals surface area contributed by atoms with Crippen molar-refractivity contribution in [2.24, 2.45) is 0 Å². The van der Waals surface area contributed by atoms with Crippen molar-refractivity contribution in [1.82, 2.24) is 10.2 Å². The number of nitrogens with zero attached hydrogens (tertiary/aromatic N) is 1. The molecule has 1 aliphatic rings. The minimum atomic E-state index is -1.13. The first-order valence-electron chi connectivity index (χ1n) is 10.7. The molecular weight excluding hydrogens is 440 g/mol. The van der Waals surface area contributed by atoms with E-state index in [0.717, 1.165) is 27.2 Å². The summed E-state index contributed by atoms with van der Waals surface area (Å²) in [5.41, 5.74) is 4.45. The van der Waals surface area contributed by atoms with Gasteiger partial charge in [0, 0.05) is 12.5 Å². The average Bonchev–Trinajstić information content (AvgIpc) is 3.13. The molecule has 0 radical (unpaired) electrons. The third-order valence-electron chi connectivity index (χ3n) is 5.53. The molecule has 1 unspecified atom stereocenters. The summed E-state index contributed by atoms with van der Waals surface area (Å²) >= 11 is 1.53. The summed E-state index contributed by atoms with van der Waals surface area (Å²) in [4.78, 5) is 37.9. The quantitative estimate of drug-likeness (QED) is 0.488. The zero-order chi connectivity index (χ0) is 23.8. The molecule has 2 aromatic carbocycles. The lowest BCUT2D eigenvalue weighted by Crippen LogP contribution is -2.50. The molecule has 2 N–H and O–H groups in total. The predicted molar refractivity (Wildman–Crippen MR) is 129 cm³/mol. The van der Waals surface area contributed by atoms with Crippen molar-refractivity contribution >= 4 is 29.7 Å². The van der Waals surface area contributed by atoms with Gasteiger partial charge in [0.05, 0.1) is 0 Å². The van der Waals surface area contributed by atoms with Crippen LogP contribution < -0.4 is 5.32 Å². The molecular formula is C25H28N2O5S. The summed E-state index contributed by atoms with van der Waals surface area (Å²) in [6.07, 6.45) is 3.01. The number of amides is 2. The van der Waals surface area contributed by atoms with Crippen LogP contribution in [0.25, 0.3) is 11.1 Å². The van der Waals surface area contributed by atoms with E-state index in [4.69, 9.17) is 9.84 Å². The highest BCUT2D eigenvalue weighted by atomic mass is 32.2. The van der Waals surface area contributed by atoms with Gasteiger partial charge in [-0.15, -0.1) is 6.58 Å².